The molecule has 0 bridgehead atoms. The van der Waals surface area contributed by atoms with Crippen LogP contribution in [0.3, 0.4) is 0 Å². The third kappa shape index (κ3) is 1.47. The molecule has 2 rings (SSSR count). The number of aromatic nitrogens is 1. The van der Waals surface area contributed by atoms with Gasteiger partial charge in [0.2, 0.25) is 0 Å². The minimum absolute atomic E-state index is 0.110. The average molecular weight is 234 g/mol. The summed E-state index contributed by atoms with van der Waals surface area (Å²) in [4.78, 5) is 13.9. The maximum atomic E-state index is 11.3. The molecule has 2 heterocycles. The molecular formula is C8H5Cl2NOS. The predicted molar refractivity (Wildman–Crippen MR) is 57.0 cm³/mol. The molecule has 2 aromatic rings. The first kappa shape index (κ1) is 9.06. The van der Waals surface area contributed by atoms with E-state index >= 15 is 0 Å². The lowest BCUT2D eigenvalue weighted by Crippen LogP contribution is -2.03. The number of H-pyrrole nitrogens is 1. The van der Waals surface area contributed by atoms with Crippen LogP contribution in [0.1, 0.15) is 5.56 Å². The molecule has 13 heavy (non-hydrogen) atoms. The molecule has 2 aromatic heterocycles. The zero-order valence-corrected chi connectivity index (χ0v) is 8.76. The summed E-state index contributed by atoms with van der Waals surface area (Å²) in [7, 11) is 0. The zero-order valence-electron chi connectivity index (χ0n) is 6.43. The normalized spacial score (nSPS) is 10.9. The van der Waals surface area contributed by atoms with E-state index in [0.29, 0.717) is 14.9 Å². The molecule has 5 heteroatoms. The maximum Gasteiger partial charge on any atom is 0.265 e. The average Bonchev–Trinajstić information content (AvgIpc) is 2.48. The SMILES string of the molecule is O=c1[nH]cc(CCl)c2cc(Cl)sc12. The molecular weight excluding hydrogens is 229 g/mol. The zero-order chi connectivity index (χ0) is 9.42. The van der Waals surface area contributed by atoms with Crippen LogP contribution in [0.4, 0.5) is 0 Å². The fourth-order valence-electron chi connectivity index (χ4n) is 1.17. The van der Waals surface area contributed by atoms with E-state index in [1.165, 1.54) is 11.3 Å². The van der Waals surface area contributed by atoms with Crippen LogP contribution in [0.15, 0.2) is 17.1 Å². The van der Waals surface area contributed by atoms with Crippen molar-refractivity contribution in [2.45, 2.75) is 5.88 Å². The minimum atomic E-state index is -0.110. The van der Waals surface area contributed by atoms with E-state index in [2.05, 4.69) is 4.98 Å². The molecule has 0 fully saturated rings. The number of halogens is 2. The summed E-state index contributed by atoms with van der Waals surface area (Å²) < 4.78 is 1.25. The number of hydrogen-bond acceptors (Lipinski definition) is 2. The third-order valence-corrected chi connectivity index (χ3v) is 3.33. The minimum Gasteiger partial charge on any atom is -0.328 e. The first-order chi connectivity index (χ1) is 6.22. The van der Waals surface area contributed by atoms with Crippen LogP contribution in [0.25, 0.3) is 10.1 Å². The van der Waals surface area contributed by atoms with E-state index in [1.54, 1.807) is 12.3 Å². The number of fused-ring (bicyclic) bond motifs is 1. The first-order valence-electron chi connectivity index (χ1n) is 3.58. The van der Waals surface area contributed by atoms with Crippen molar-refractivity contribution in [2.75, 3.05) is 0 Å². The number of pyridine rings is 1. The van der Waals surface area contributed by atoms with Gasteiger partial charge in [0, 0.05) is 17.5 Å². The van der Waals surface area contributed by atoms with Crippen LogP contribution >= 0.6 is 34.5 Å². The smallest absolute Gasteiger partial charge is 0.265 e. The Hall–Kier alpha value is -0.510. The summed E-state index contributed by atoms with van der Waals surface area (Å²) in [6.45, 7) is 0. The van der Waals surface area contributed by atoms with Crippen LogP contribution in [0, 0.1) is 0 Å². The second-order valence-electron chi connectivity index (χ2n) is 2.57. The van der Waals surface area contributed by atoms with Crippen LogP contribution in [-0.2, 0) is 5.88 Å². The highest BCUT2D eigenvalue weighted by Crippen LogP contribution is 2.29. The van der Waals surface area contributed by atoms with Gasteiger partial charge in [-0.05, 0) is 11.6 Å². The molecule has 0 saturated heterocycles. The van der Waals surface area contributed by atoms with E-state index in [0.717, 1.165) is 10.9 Å². The van der Waals surface area contributed by atoms with Gasteiger partial charge in [0.25, 0.3) is 5.56 Å². The van der Waals surface area contributed by atoms with Gasteiger partial charge in [-0.25, -0.2) is 0 Å². The topological polar surface area (TPSA) is 32.9 Å². The van der Waals surface area contributed by atoms with Crippen molar-refractivity contribution in [1.29, 1.82) is 0 Å². The lowest BCUT2D eigenvalue weighted by molar-refractivity contribution is 1.24. The molecule has 0 unspecified atom stereocenters. The fraction of sp³-hybridized carbons (Fsp3) is 0.125. The van der Waals surface area contributed by atoms with Gasteiger partial charge in [-0.1, -0.05) is 11.6 Å². The molecule has 0 saturated carbocycles. The van der Waals surface area contributed by atoms with Gasteiger partial charge >= 0.3 is 0 Å². The lowest BCUT2D eigenvalue weighted by Gasteiger charge is -1.95. The Labute approximate surface area is 88.1 Å². The highest BCUT2D eigenvalue weighted by molar-refractivity contribution is 7.22. The molecule has 0 atom stereocenters. The Morgan fingerprint density at radius 1 is 1.54 bits per heavy atom. The predicted octanol–water partition coefficient (Wildman–Crippen LogP) is 2.98. The second kappa shape index (κ2) is 3.33. The summed E-state index contributed by atoms with van der Waals surface area (Å²) in [6.07, 6.45) is 1.63. The largest absolute Gasteiger partial charge is 0.328 e. The van der Waals surface area contributed by atoms with Crippen molar-refractivity contribution in [2.24, 2.45) is 0 Å². The van der Waals surface area contributed by atoms with E-state index in [9.17, 15) is 4.79 Å². The summed E-state index contributed by atoms with van der Waals surface area (Å²) >= 11 is 12.8. The summed E-state index contributed by atoms with van der Waals surface area (Å²) in [5, 5.41) is 0.855. The first-order valence-corrected chi connectivity index (χ1v) is 5.31. The van der Waals surface area contributed by atoms with Crippen molar-refractivity contribution in [3.8, 4) is 0 Å². The van der Waals surface area contributed by atoms with Crippen LogP contribution in [-0.4, -0.2) is 4.98 Å². The van der Waals surface area contributed by atoms with E-state index in [1.807, 2.05) is 0 Å². The standard InChI is InChI=1S/C8H5Cl2NOS/c9-2-4-3-11-8(12)7-5(4)1-6(10)13-7/h1,3H,2H2,(H,11,12). The Morgan fingerprint density at radius 2 is 2.31 bits per heavy atom. The molecule has 1 N–H and O–H groups in total. The Bertz CT molecular complexity index is 502. The number of aromatic amines is 1. The summed E-state index contributed by atoms with van der Waals surface area (Å²) in [5.74, 6) is 0.375. The van der Waals surface area contributed by atoms with Crippen molar-refractivity contribution in [1.82, 2.24) is 4.98 Å². The molecule has 2 nitrogen and oxygen atoms in total. The Balaban J connectivity index is 2.92. The molecule has 0 aliphatic carbocycles. The van der Waals surface area contributed by atoms with E-state index in [4.69, 9.17) is 23.2 Å². The number of hydrogen-bond donors (Lipinski definition) is 1. The molecule has 0 aliphatic heterocycles. The highest BCUT2D eigenvalue weighted by atomic mass is 35.5. The van der Waals surface area contributed by atoms with Crippen molar-refractivity contribution in [3.63, 3.8) is 0 Å². The van der Waals surface area contributed by atoms with Crippen molar-refractivity contribution >= 4 is 44.6 Å². The molecule has 0 aliphatic rings. The Morgan fingerprint density at radius 3 is 3.00 bits per heavy atom. The maximum absolute atomic E-state index is 11.3. The van der Waals surface area contributed by atoms with Gasteiger partial charge in [-0.2, -0.15) is 0 Å². The number of nitrogens with one attached hydrogen (secondary N) is 1. The highest BCUT2D eigenvalue weighted by Gasteiger charge is 2.07. The number of rotatable bonds is 1. The molecule has 68 valence electrons. The van der Waals surface area contributed by atoms with Crippen molar-refractivity contribution in [3.05, 3.63) is 32.5 Å². The van der Waals surface area contributed by atoms with Crippen LogP contribution < -0.4 is 5.56 Å². The monoisotopic (exact) mass is 233 g/mol. The van der Waals surface area contributed by atoms with Crippen LogP contribution in [0.2, 0.25) is 4.34 Å². The lowest BCUT2D eigenvalue weighted by atomic mass is 10.2. The van der Waals surface area contributed by atoms with E-state index in [-0.39, 0.29) is 5.56 Å². The van der Waals surface area contributed by atoms with Gasteiger partial charge in [-0.15, -0.1) is 22.9 Å². The molecule has 0 aromatic carbocycles. The van der Waals surface area contributed by atoms with Crippen LogP contribution in [0.5, 0.6) is 0 Å². The van der Waals surface area contributed by atoms with Gasteiger partial charge in [0.05, 0.1) is 4.34 Å². The summed E-state index contributed by atoms with van der Waals surface area (Å²) in [5.41, 5.74) is 0.792. The quantitative estimate of drug-likeness (QED) is 0.756. The fourth-order valence-corrected chi connectivity index (χ4v) is 2.56. The molecule has 0 spiro atoms. The van der Waals surface area contributed by atoms with Gasteiger partial charge < -0.3 is 4.98 Å². The molecule has 0 amide bonds. The molecule has 0 radical (unpaired) electrons. The van der Waals surface area contributed by atoms with Gasteiger partial charge in [0.15, 0.2) is 0 Å². The van der Waals surface area contributed by atoms with E-state index < -0.39 is 0 Å². The second-order valence-corrected chi connectivity index (χ2v) is 4.52. The number of thiophene rings is 1. The number of alkyl halides is 1. The summed E-state index contributed by atoms with van der Waals surface area (Å²) in [6, 6.07) is 1.77. The van der Waals surface area contributed by atoms with Gasteiger partial charge in [-0.3, -0.25) is 4.79 Å². The third-order valence-electron chi connectivity index (χ3n) is 1.78. The Kier molecular flexibility index (Phi) is 2.32. The van der Waals surface area contributed by atoms with Gasteiger partial charge in [0.1, 0.15) is 4.70 Å². The van der Waals surface area contributed by atoms with Crippen molar-refractivity contribution < 1.29 is 0 Å².